The number of guanidine groups is 1. The van der Waals surface area contributed by atoms with Gasteiger partial charge in [-0.25, -0.2) is 4.79 Å². The van der Waals surface area contributed by atoms with Gasteiger partial charge in [0.1, 0.15) is 0 Å². The Balaban J connectivity index is 1.55. The highest BCUT2D eigenvalue weighted by Crippen LogP contribution is 2.26. The number of likely N-dealkylation sites (N-methyl/N-ethyl adjacent to an activating group) is 1. The molecule has 0 heterocycles. The summed E-state index contributed by atoms with van der Waals surface area (Å²) in [7, 11) is 0. The maximum atomic E-state index is 14.3. The summed E-state index contributed by atoms with van der Waals surface area (Å²) in [6.07, 6.45) is 1.96. The van der Waals surface area contributed by atoms with Gasteiger partial charge in [-0.05, 0) is 60.1 Å². The molecule has 0 aliphatic carbocycles. The van der Waals surface area contributed by atoms with Crippen LogP contribution >= 0.6 is 0 Å². The molecule has 48 heavy (non-hydrogen) atoms. The van der Waals surface area contributed by atoms with Crippen LogP contribution in [0.3, 0.4) is 0 Å². The summed E-state index contributed by atoms with van der Waals surface area (Å²) < 4.78 is 5.38. The molecule has 254 valence electrons. The standard InChI is InChI=1S/C39H50N6O3/c1-3-24-48-39(47)44-34(26-29-21-22-30-14-11-12-19-33(30)25-29)27-43-36(20-13-23-42-38(40)41)37(46)45(4-2)28-35(31-15-7-5-8-16-31)32-17-9-6-10-18-32/h5-12,14-19,21-22,25,34-36,43H,3-4,13,20,23-24,26-28H2,1-2H3,(H,44,47)(H4,40,41,42)/t34?,36-/m0/s1. The Bertz CT molecular complexity index is 1550. The monoisotopic (exact) mass is 650 g/mol. The number of nitrogens with one attached hydrogen (secondary N) is 2. The topological polar surface area (TPSA) is 135 Å². The first-order chi connectivity index (χ1) is 23.4. The quantitative estimate of drug-likeness (QED) is 0.0631. The van der Waals surface area contributed by atoms with Gasteiger partial charge in [-0.3, -0.25) is 9.79 Å². The first kappa shape index (κ1) is 36.0. The van der Waals surface area contributed by atoms with Crippen LogP contribution in [0.25, 0.3) is 10.8 Å². The van der Waals surface area contributed by atoms with E-state index in [9.17, 15) is 9.59 Å². The van der Waals surface area contributed by atoms with E-state index in [0.717, 1.165) is 33.9 Å². The lowest BCUT2D eigenvalue weighted by Crippen LogP contribution is -2.52. The van der Waals surface area contributed by atoms with Crippen molar-refractivity contribution in [1.29, 1.82) is 0 Å². The van der Waals surface area contributed by atoms with Crippen LogP contribution in [0.4, 0.5) is 4.79 Å². The van der Waals surface area contributed by atoms with Gasteiger partial charge in [0.25, 0.3) is 0 Å². The largest absolute Gasteiger partial charge is 0.450 e. The van der Waals surface area contributed by atoms with Crippen molar-refractivity contribution in [2.45, 2.75) is 57.5 Å². The van der Waals surface area contributed by atoms with Crippen molar-refractivity contribution in [2.75, 3.05) is 32.8 Å². The Morgan fingerprint density at radius 1 is 0.854 bits per heavy atom. The lowest BCUT2D eigenvalue weighted by molar-refractivity contribution is -0.133. The molecule has 0 fully saturated rings. The summed E-state index contributed by atoms with van der Waals surface area (Å²) in [6, 6.07) is 34.3. The number of aliphatic imine (C=N–C) groups is 1. The summed E-state index contributed by atoms with van der Waals surface area (Å²) >= 11 is 0. The summed E-state index contributed by atoms with van der Waals surface area (Å²) in [4.78, 5) is 33.1. The SMILES string of the molecule is CCCOC(=O)NC(CN[C@@H](CCCN=C(N)N)C(=O)N(CC)CC(c1ccccc1)c1ccccc1)Cc1ccc2ccccc2c1. The molecule has 9 heteroatoms. The van der Waals surface area contributed by atoms with E-state index in [1.165, 1.54) is 0 Å². The molecule has 0 aromatic heterocycles. The molecule has 0 aliphatic heterocycles. The minimum Gasteiger partial charge on any atom is -0.450 e. The van der Waals surface area contributed by atoms with Crippen LogP contribution in [-0.2, 0) is 16.0 Å². The van der Waals surface area contributed by atoms with E-state index in [2.05, 4.69) is 70.2 Å². The van der Waals surface area contributed by atoms with Crippen LogP contribution in [-0.4, -0.2) is 67.7 Å². The van der Waals surface area contributed by atoms with Crippen molar-refractivity contribution in [1.82, 2.24) is 15.5 Å². The number of alkyl carbamates (subject to hydrolysis) is 1. The van der Waals surface area contributed by atoms with Crippen LogP contribution in [0, 0.1) is 0 Å². The number of hydrogen-bond donors (Lipinski definition) is 4. The highest BCUT2D eigenvalue weighted by molar-refractivity contribution is 5.83. The van der Waals surface area contributed by atoms with E-state index < -0.39 is 12.1 Å². The maximum Gasteiger partial charge on any atom is 0.407 e. The second kappa shape index (κ2) is 19.1. The van der Waals surface area contributed by atoms with Gasteiger partial charge in [0, 0.05) is 38.1 Å². The van der Waals surface area contributed by atoms with Gasteiger partial charge in [0.2, 0.25) is 5.91 Å². The van der Waals surface area contributed by atoms with E-state index in [0.29, 0.717) is 52.0 Å². The Kier molecular flexibility index (Phi) is 14.3. The molecule has 0 spiro atoms. The number of fused-ring (bicyclic) bond motifs is 1. The minimum atomic E-state index is -0.515. The smallest absolute Gasteiger partial charge is 0.407 e. The Labute approximate surface area is 284 Å². The van der Waals surface area contributed by atoms with E-state index in [-0.39, 0.29) is 23.8 Å². The number of ether oxygens (including phenoxy) is 1. The molecule has 2 atom stereocenters. The molecule has 0 saturated heterocycles. The fraction of sp³-hybridized carbons (Fsp3) is 0.359. The second-order valence-corrected chi connectivity index (χ2v) is 12.0. The first-order valence-corrected chi connectivity index (χ1v) is 17.0. The highest BCUT2D eigenvalue weighted by Gasteiger charge is 2.28. The summed E-state index contributed by atoms with van der Waals surface area (Å²) in [5.41, 5.74) is 14.5. The van der Waals surface area contributed by atoms with Crippen LogP contribution in [0.5, 0.6) is 0 Å². The highest BCUT2D eigenvalue weighted by atomic mass is 16.5. The summed E-state index contributed by atoms with van der Waals surface area (Å²) in [6.45, 7) is 6.16. The fourth-order valence-electron chi connectivity index (χ4n) is 5.92. The number of benzene rings is 4. The number of nitrogens with zero attached hydrogens (tertiary/aromatic N) is 2. The predicted octanol–water partition coefficient (Wildman–Crippen LogP) is 5.58. The molecular formula is C39H50N6O3. The van der Waals surface area contributed by atoms with Crippen molar-refractivity contribution in [3.8, 4) is 0 Å². The average Bonchev–Trinajstić information content (AvgIpc) is 3.11. The van der Waals surface area contributed by atoms with Crippen molar-refractivity contribution < 1.29 is 14.3 Å². The lowest BCUT2D eigenvalue weighted by atomic mass is 9.90. The summed E-state index contributed by atoms with van der Waals surface area (Å²) in [5.74, 6) is 0.0335. The van der Waals surface area contributed by atoms with Gasteiger partial charge in [-0.2, -0.15) is 0 Å². The first-order valence-electron chi connectivity index (χ1n) is 17.0. The molecule has 4 rings (SSSR count). The number of hydrogen-bond acceptors (Lipinski definition) is 5. The van der Waals surface area contributed by atoms with Gasteiger partial charge in [-0.1, -0.05) is 110 Å². The third kappa shape index (κ3) is 11.1. The van der Waals surface area contributed by atoms with E-state index in [1.807, 2.05) is 67.3 Å². The zero-order valence-corrected chi connectivity index (χ0v) is 28.2. The third-order valence-corrected chi connectivity index (χ3v) is 8.41. The van der Waals surface area contributed by atoms with Crippen molar-refractivity contribution in [3.63, 3.8) is 0 Å². The zero-order chi connectivity index (χ0) is 34.1. The molecule has 0 radical (unpaired) electrons. The van der Waals surface area contributed by atoms with Crippen molar-refractivity contribution in [3.05, 3.63) is 120 Å². The molecular weight excluding hydrogens is 600 g/mol. The molecule has 9 nitrogen and oxygen atoms in total. The maximum absolute atomic E-state index is 14.3. The van der Waals surface area contributed by atoms with Crippen molar-refractivity contribution >= 4 is 28.7 Å². The normalized spacial score (nSPS) is 12.3. The number of nitrogens with two attached hydrogens (primary N) is 2. The van der Waals surface area contributed by atoms with Gasteiger partial charge >= 0.3 is 6.09 Å². The van der Waals surface area contributed by atoms with E-state index >= 15 is 0 Å². The Morgan fingerprint density at radius 2 is 1.50 bits per heavy atom. The molecule has 4 aromatic rings. The van der Waals surface area contributed by atoms with Crippen LogP contribution in [0.1, 0.15) is 55.7 Å². The Morgan fingerprint density at radius 3 is 2.12 bits per heavy atom. The van der Waals surface area contributed by atoms with Crippen molar-refractivity contribution in [2.24, 2.45) is 16.5 Å². The molecule has 4 aromatic carbocycles. The van der Waals surface area contributed by atoms with E-state index in [4.69, 9.17) is 16.2 Å². The van der Waals surface area contributed by atoms with Gasteiger partial charge in [0.15, 0.2) is 5.96 Å². The molecule has 0 bridgehead atoms. The number of rotatable bonds is 18. The number of carbonyl (C=O) groups excluding carboxylic acids is 2. The third-order valence-electron chi connectivity index (χ3n) is 8.41. The molecule has 0 aliphatic rings. The molecule has 0 saturated carbocycles. The van der Waals surface area contributed by atoms with Gasteiger partial charge in [-0.15, -0.1) is 0 Å². The average molecular weight is 651 g/mol. The number of carbonyl (C=O) groups is 2. The molecule has 2 amide bonds. The molecule has 1 unspecified atom stereocenters. The summed E-state index contributed by atoms with van der Waals surface area (Å²) in [5, 5.41) is 8.85. The van der Waals surface area contributed by atoms with Crippen LogP contribution in [0.2, 0.25) is 0 Å². The second-order valence-electron chi connectivity index (χ2n) is 12.0. The van der Waals surface area contributed by atoms with Crippen LogP contribution < -0.4 is 22.1 Å². The van der Waals surface area contributed by atoms with E-state index in [1.54, 1.807) is 0 Å². The molecule has 6 N–H and O–H groups in total. The lowest BCUT2D eigenvalue weighted by Gasteiger charge is -2.32. The fourth-order valence-corrected chi connectivity index (χ4v) is 5.92. The van der Waals surface area contributed by atoms with Gasteiger partial charge < -0.3 is 31.7 Å². The zero-order valence-electron chi connectivity index (χ0n) is 28.2. The van der Waals surface area contributed by atoms with Gasteiger partial charge in [0.05, 0.1) is 12.6 Å². The Hall–Kier alpha value is -4.89. The predicted molar refractivity (Wildman–Crippen MR) is 195 cm³/mol. The van der Waals surface area contributed by atoms with Crippen LogP contribution in [0.15, 0.2) is 108 Å². The number of amides is 2. The minimum absolute atomic E-state index is 0.00271.